The molecule has 0 aromatic heterocycles. The molecule has 0 heterocycles. The van der Waals surface area contributed by atoms with Gasteiger partial charge in [-0.1, -0.05) is 0 Å². The maximum atomic E-state index is 3.22. The van der Waals surface area contributed by atoms with Crippen LogP contribution in [-0.4, -0.2) is 0 Å². The third kappa shape index (κ3) is 9.09. The molecule has 0 aliphatic carbocycles. The van der Waals surface area contributed by atoms with Crippen LogP contribution in [0.4, 0.5) is 0 Å². The summed E-state index contributed by atoms with van der Waals surface area (Å²) in [4.78, 5) is 0. The van der Waals surface area contributed by atoms with Crippen LogP contribution in [0.2, 0.25) is 0 Å². The van der Waals surface area contributed by atoms with E-state index in [1.807, 2.05) is 0 Å². The van der Waals surface area contributed by atoms with Gasteiger partial charge in [-0.2, -0.15) is 0 Å². The first-order valence-corrected chi connectivity index (χ1v) is 1.80. The fourth-order valence-electron chi connectivity index (χ4n) is 0. The Labute approximate surface area is 60.8 Å². The van der Waals surface area contributed by atoms with E-state index in [1.54, 1.807) is 0 Å². The van der Waals surface area contributed by atoms with E-state index in [4.69, 9.17) is 0 Å². The number of thiol groups is 2. The molecule has 0 saturated carbocycles. The van der Waals surface area contributed by atoms with E-state index >= 15 is 0 Å². The van der Waals surface area contributed by atoms with Crippen molar-refractivity contribution < 1.29 is 37.8 Å². The van der Waals surface area contributed by atoms with Crippen LogP contribution in [0.25, 0.3) is 0 Å². The zero-order chi connectivity index (χ0) is 2.00. The molecule has 0 fully saturated rings. The molecule has 0 amide bonds. The average Bonchev–Trinajstić information content (AvgIpc) is 1.00. The van der Waals surface area contributed by atoms with E-state index in [9.17, 15) is 0 Å². The summed E-state index contributed by atoms with van der Waals surface area (Å²) >= 11 is 6.44. The van der Waals surface area contributed by atoms with Gasteiger partial charge >= 0.3 is 0 Å². The zero-order valence-corrected chi connectivity index (χ0v) is 6.47. The molecule has 0 nitrogen and oxygen atoms in total. The van der Waals surface area contributed by atoms with Crippen molar-refractivity contribution in [1.82, 2.24) is 0 Å². The van der Waals surface area contributed by atoms with Crippen molar-refractivity contribution in [3.63, 3.8) is 0 Å². The van der Waals surface area contributed by atoms with Crippen LogP contribution >= 0.6 is 23.3 Å². The van der Waals surface area contributed by atoms with E-state index in [0.29, 0.717) is 0 Å². The van der Waals surface area contributed by atoms with Crippen LogP contribution in [0.15, 0.2) is 0 Å². The Morgan fingerprint density at radius 2 is 1.00 bits per heavy atom. The van der Waals surface area contributed by atoms with Crippen molar-refractivity contribution in [2.24, 2.45) is 0 Å². The second kappa shape index (κ2) is 20.7. The predicted molar refractivity (Wildman–Crippen MR) is 18.0 cm³/mol. The van der Waals surface area contributed by atoms with Crippen LogP contribution in [0, 0.1) is 0 Å². The molecule has 0 bridgehead atoms. The van der Waals surface area contributed by atoms with Crippen molar-refractivity contribution in [2.75, 3.05) is 0 Å². The van der Waals surface area contributed by atoms with Crippen molar-refractivity contribution in [3.05, 3.63) is 0 Å². The second-order valence-electron chi connectivity index (χ2n) is 0. The monoisotopic (exact) mass is 223 g/mol. The van der Waals surface area contributed by atoms with Gasteiger partial charge in [0.1, 0.15) is 0 Å². The molecular weight excluding hydrogens is 219 g/mol. The summed E-state index contributed by atoms with van der Waals surface area (Å²) in [5, 5.41) is 0. The molecular formula is H2CoMoS2. The molecule has 0 rings (SSSR count). The summed E-state index contributed by atoms with van der Waals surface area (Å²) in [5.41, 5.74) is 0. The minimum Gasteiger partial charge on any atom is -0.115 e. The first-order chi connectivity index (χ1) is 1.00. The largest absolute Gasteiger partial charge is 0.115 e. The molecule has 1 radical (unpaired) electrons. The molecule has 4 heavy (non-hydrogen) atoms. The maximum absolute atomic E-state index is 3.22. The Balaban J connectivity index is -0.00000000500. The van der Waals surface area contributed by atoms with Crippen molar-refractivity contribution in [1.29, 1.82) is 0 Å². The van der Waals surface area contributed by atoms with Gasteiger partial charge in [-0.15, -0.1) is 23.3 Å². The van der Waals surface area contributed by atoms with Gasteiger partial charge in [-0.25, -0.2) is 0 Å². The minimum atomic E-state index is 0. The van der Waals surface area contributed by atoms with Crippen LogP contribution in [0.1, 0.15) is 0 Å². The molecule has 0 aliphatic heterocycles. The van der Waals surface area contributed by atoms with E-state index in [2.05, 4.69) is 23.3 Å². The Kier molecular flexibility index (Phi) is 87.1. The van der Waals surface area contributed by atoms with Gasteiger partial charge in [-0.05, 0) is 0 Å². The molecule has 0 saturated heterocycles. The third-order valence-corrected chi connectivity index (χ3v) is 0. The predicted octanol–water partition coefficient (Wildman–Crippen LogP) is 0.756. The first kappa shape index (κ1) is 16.9. The summed E-state index contributed by atoms with van der Waals surface area (Å²) in [6.45, 7) is 0. The van der Waals surface area contributed by atoms with E-state index < -0.39 is 0 Å². The van der Waals surface area contributed by atoms with Crippen molar-refractivity contribution in [2.45, 2.75) is 0 Å². The summed E-state index contributed by atoms with van der Waals surface area (Å²) in [6.07, 6.45) is 0. The van der Waals surface area contributed by atoms with Gasteiger partial charge in [-0.3, -0.25) is 0 Å². The molecule has 0 atom stereocenters. The molecule has 0 aromatic rings. The fourth-order valence-corrected chi connectivity index (χ4v) is 0. The maximum Gasteiger partial charge on any atom is 0 e. The van der Waals surface area contributed by atoms with Gasteiger partial charge in [0.15, 0.2) is 0 Å². The third-order valence-electron chi connectivity index (χ3n) is 0. The summed E-state index contributed by atoms with van der Waals surface area (Å²) < 4.78 is 0. The Morgan fingerprint density at radius 3 is 1.00 bits per heavy atom. The van der Waals surface area contributed by atoms with Gasteiger partial charge in [0.25, 0.3) is 0 Å². The Morgan fingerprint density at radius 1 is 1.00 bits per heavy atom. The van der Waals surface area contributed by atoms with Gasteiger partial charge in [0.05, 0.1) is 0 Å². The van der Waals surface area contributed by atoms with Crippen molar-refractivity contribution >= 4 is 23.3 Å². The molecule has 29 valence electrons. The molecule has 0 aromatic carbocycles. The minimum absolute atomic E-state index is 0. The summed E-state index contributed by atoms with van der Waals surface area (Å²) in [6, 6.07) is 0. The average molecular weight is 221 g/mol. The number of rotatable bonds is 0. The van der Waals surface area contributed by atoms with Gasteiger partial charge < -0.3 is 0 Å². The van der Waals surface area contributed by atoms with E-state index in [0.717, 1.165) is 0 Å². The fraction of sp³-hybridized carbons (Fsp3) is 0. The standard InChI is InChI=1S/Co.Mo.H2S2/c;;1-2/h;;1-2H. The first-order valence-electron chi connectivity index (χ1n) is 0.200. The number of hydrogen-bond acceptors (Lipinski definition) is 2. The number of hydrogen-bond donors (Lipinski definition) is 2. The molecule has 0 N–H and O–H groups in total. The zero-order valence-electron chi connectivity index (χ0n) is 1.64. The summed E-state index contributed by atoms with van der Waals surface area (Å²) in [5.74, 6) is 0. The van der Waals surface area contributed by atoms with Gasteiger partial charge in [0, 0.05) is 37.8 Å². The summed E-state index contributed by atoms with van der Waals surface area (Å²) in [7, 11) is 0. The van der Waals surface area contributed by atoms with Crippen molar-refractivity contribution in [3.8, 4) is 0 Å². The second-order valence-corrected chi connectivity index (χ2v) is 0. The molecule has 0 unspecified atom stereocenters. The molecule has 4 heteroatoms. The SMILES string of the molecule is SS.[Co].[Mo]. The van der Waals surface area contributed by atoms with E-state index in [1.165, 1.54) is 0 Å². The van der Waals surface area contributed by atoms with Crippen LogP contribution in [-0.2, 0) is 37.8 Å². The normalized spacial score (nSPS) is 1.50. The Bertz CT molecular complexity index is 6.00. The molecule has 0 spiro atoms. The van der Waals surface area contributed by atoms with Crippen LogP contribution in [0.5, 0.6) is 0 Å². The molecule has 0 aliphatic rings. The topological polar surface area (TPSA) is 0 Å². The Hall–Kier alpha value is 1.89. The van der Waals surface area contributed by atoms with Gasteiger partial charge in [0.2, 0.25) is 0 Å². The van der Waals surface area contributed by atoms with Crippen LogP contribution in [0.3, 0.4) is 0 Å². The van der Waals surface area contributed by atoms with E-state index in [-0.39, 0.29) is 37.8 Å². The smallest absolute Gasteiger partial charge is 0 e. The van der Waals surface area contributed by atoms with Crippen LogP contribution < -0.4 is 0 Å². The quantitative estimate of drug-likeness (QED) is 0.336.